The van der Waals surface area contributed by atoms with E-state index in [1.165, 1.54) is 6.21 Å². The molecule has 1 unspecified atom stereocenters. The Morgan fingerprint density at radius 1 is 1.23 bits per heavy atom. The molecule has 0 radical (unpaired) electrons. The van der Waals surface area contributed by atoms with Crippen LogP contribution in [0, 0.1) is 5.41 Å². The molecule has 0 saturated heterocycles. The van der Waals surface area contributed by atoms with Gasteiger partial charge in [0, 0.05) is 31.7 Å². The topological polar surface area (TPSA) is 109 Å². The number of ether oxygens (including phenoxy) is 1. The van der Waals surface area contributed by atoms with Gasteiger partial charge in [-0.05, 0) is 30.7 Å². The van der Waals surface area contributed by atoms with Crippen molar-refractivity contribution < 1.29 is 4.74 Å². The lowest BCUT2D eigenvalue weighted by Crippen LogP contribution is -2.03. The van der Waals surface area contributed by atoms with Gasteiger partial charge in [0.2, 0.25) is 0 Å². The third-order valence-corrected chi connectivity index (χ3v) is 3.63. The summed E-state index contributed by atoms with van der Waals surface area (Å²) >= 11 is 0. The minimum absolute atomic E-state index is 0.218. The summed E-state index contributed by atoms with van der Waals surface area (Å²) in [5.41, 5.74) is 2.35. The van der Waals surface area contributed by atoms with Gasteiger partial charge in [0.25, 0.3) is 0 Å². The Labute approximate surface area is 150 Å². The molecular formula is C18H19N7O. The Bertz CT molecular complexity index is 942. The minimum Gasteiger partial charge on any atom is -0.492 e. The first-order valence-electron chi connectivity index (χ1n) is 8.15. The number of aliphatic imine (C=N–C) groups is 1. The summed E-state index contributed by atoms with van der Waals surface area (Å²) in [6, 6.07) is 7.38. The van der Waals surface area contributed by atoms with Crippen molar-refractivity contribution in [3.8, 4) is 5.75 Å². The van der Waals surface area contributed by atoms with Crippen molar-refractivity contribution in [2.45, 2.75) is 12.8 Å². The van der Waals surface area contributed by atoms with Crippen LogP contribution in [-0.2, 0) is 0 Å². The highest BCUT2D eigenvalue weighted by Gasteiger charge is 2.09. The van der Waals surface area contributed by atoms with Crippen molar-refractivity contribution in [3.05, 3.63) is 42.2 Å². The zero-order valence-corrected chi connectivity index (χ0v) is 14.5. The van der Waals surface area contributed by atoms with E-state index in [1.54, 1.807) is 31.7 Å². The summed E-state index contributed by atoms with van der Waals surface area (Å²) in [5.74, 6) is 1.59. The van der Waals surface area contributed by atoms with Gasteiger partial charge in [0.05, 0.1) is 29.8 Å². The monoisotopic (exact) mass is 349 g/mol. The first-order valence-corrected chi connectivity index (χ1v) is 8.15. The van der Waals surface area contributed by atoms with E-state index in [4.69, 9.17) is 10.1 Å². The number of hydrogen-bond donors (Lipinski definition) is 2. The summed E-state index contributed by atoms with van der Waals surface area (Å²) < 4.78 is 5.43. The lowest BCUT2D eigenvalue weighted by Gasteiger charge is -2.09. The predicted molar refractivity (Wildman–Crippen MR) is 102 cm³/mol. The van der Waals surface area contributed by atoms with Crippen LogP contribution in [-0.4, -0.2) is 46.2 Å². The van der Waals surface area contributed by atoms with Gasteiger partial charge in [-0.25, -0.2) is 4.98 Å². The molecule has 3 aromatic heterocycles. The number of pyridine rings is 2. The number of fused-ring (bicyclic) bond motifs is 1. The molecule has 26 heavy (non-hydrogen) atoms. The average molecular weight is 349 g/mol. The van der Waals surface area contributed by atoms with E-state index in [-0.39, 0.29) is 5.92 Å². The van der Waals surface area contributed by atoms with Crippen LogP contribution in [0.5, 0.6) is 5.75 Å². The predicted octanol–water partition coefficient (Wildman–Crippen LogP) is 3.00. The Morgan fingerprint density at radius 2 is 2.12 bits per heavy atom. The van der Waals surface area contributed by atoms with Gasteiger partial charge < -0.3 is 15.5 Å². The standard InChI is InChI=1S/C18H19N7O/c1-3-26-14-7-18(25-22-11-14)24-17-5-4-15-16(23-17)6-12(10-21-15)13(8-19)9-20-2/h4-11,13,19H,3H2,1-2H3,(H,23,24,25). The van der Waals surface area contributed by atoms with Gasteiger partial charge in [0.15, 0.2) is 5.82 Å². The molecule has 8 nitrogen and oxygen atoms in total. The third kappa shape index (κ3) is 3.97. The van der Waals surface area contributed by atoms with Crippen LogP contribution in [0.2, 0.25) is 0 Å². The van der Waals surface area contributed by atoms with E-state index in [0.717, 1.165) is 16.6 Å². The number of rotatable bonds is 7. The maximum absolute atomic E-state index is 7.55. The summed E-state index contributed by atoms with van der Waals surface area (Å²) in [7, 11) is 1.68. The molecule has 0 fully saturated rings. The first-order chi connectivity index (χ1) is 12.7. The molecule has 0 bridgehead atoms. The van der Waals surface area contributed by atoms with Crippen LogP contribution in [0.15, 0.2) is 41.7 Å². The normalized spacial score (nSPS) is 12.2. The number of nitrogens with zero attached hydrogens (tertiary/aromatic N) is 5. The first kappa shape index (κ1) is 17.4. The summed E-state index contributed by atoms with van der Waals surface area (Å²) in [6.45, 7) is 2.47. The van der Waals surface area contributed by atoms with Crippen molar-refractivity contribution in [1.82, 2.24) is 20.2 Å². The van der Waals surface area contributed by atoms with Crippen LogP contribution in [0.25, 0.3) is 11.0 Å². The highest BCUT2D eigenvalue weighted by atomic mass is 16.5. The van der Waals surface area contributed by atoms with E-state index in [9.17, 15) is 0 Å². The summed E-state index contributed by atoms with van der Waals surface area (Å²) in [5, 5.41) is 18.6. The molecular weight excluding hydrogens is 330 g/mol. The number of aromatic nitrogens is 4. The van der Waals surface area contributed by atoms with Gasteiger partial charge in [-0.3, -0.25) is 9.98 Å². The van der Waals surface area contributed by atoms with E-state index < -0.39 is 0 Å². The van der Waals surface area contributed by atoms with Crippen molar-refractivity contribution >= 4 is 35.1 Å². The lowest BCUT2D eigenvalue weighted by atomic mass is 10.0. The molecule has 0 amide bonds. The smallest absolute Gasteiger partial charge is 0.157 e. The van der Waals surface area contributed by atoms with Gasteiger partial charge in [-0.1, -0.05) is 0 Å². The molecule has 0 aromatic carbocycles. The van der Waals surface area contributed by atoms with Crippen LogP contribution in [0.4, 0.5) is 11.6 Å². The van der Waals surface area contributed by atoms with Gasteiger partial charge in [0.1, 0.15) is 11.6 Å². The SMILES string of the molecule is CCOc1cnnc(Nc2ccc3ncc(C(C=N)C=NC)cc3n2)c1. The fourth-order valence-corrected chi connectivity index (χ4v) is 2.45. The fourth-order valence-electron chi connectivity index (χ4n) is 2.45. The third-order valence-electron chi connectivity index (χ3n) is 3.63. The molecule has 2 N–H and O–H groups in total. The van der Waals surface area contributed by atoms with Crippen LogP contribution >= 0.6 is 0 Å². The summed E-state index contributed by atoms with van der Waals surface area (Å²) in [6.07, 6.45) is 6.33. The highest BCUT2D eigenvalue weighted by molar-refractivity contribution is 5.90. The zero-order chi connectivity index (χ0) is 18.4. The van der Waals surface area contributed by atoms with Crippen molar-refractivity contribution in [3.63, 3.8) is 0 Å². The van der Waals surface area contributed by atoms with Crippen molar-refractivity contribution in [1.29, 1.82) is 5.41 Å². The molecule has 0 aliphatic carbocycles. The Balaban J connectivity index is 1.90. The summed E-state index contributed by atoms with van der Waals surface area (Å²) in [4.78, 5) is 13.0. The van der Waals surface area contributed by atoms with Crippen LogP contribution in [0.1, 0.15) is 18.4 Å². The van der Waals surface area contributed by atoms with E-state index in [0.29, 0.717) is 24.0 Å². The number of hydrogen-bond acceptors (Lipinski definition) is 8. The van der Waals surface area contributed by atoms with Crippen LogP contribution < -0.4 is 10.1 Å². The highest BCUT2D eigenvalue weighted by Crippen LogP contribution is 2.21. The lowest BCUT2D eigenvalue weighted by molar-refractivity contribution is 0.338. The molecule has 0 aliphatic heterocycles. The molecule has 3 aromatic rings. The van der Waals surface area contributed by atoms with Crippen molar-refractivity contribution in [2.24, 2.45) is 4.99 Å². The Morgan fingerprint density at radius 3 is 2.88 bits per heavy atom. The van der Waals surface area contributed by atoms with E-state index >= 15 is 0 Å². The second-order valence-corrected chi connectivity index (χ2v) is 5.44. The van der Waals surface area contributed by atoms with Gasteiger partial charge in [-0.2, -0.15) is 5.10 Å². The van der Waals surface area contributed by atoms with Gasteiger partial charge in [-0.15, -0.1) is 5.10 Å². The fraction of sp³-hybridized carbons (Fsp3) is 0.222. The number of nitrogens with one attached hydrogen (secondary N) is 2. The molecule has 132 valence electrons. The van der Waals surface area contributed by atoms with Crippen molar-refractivity contribution in [2.75, 3.05) is 19.0 Å². The van der Waals surface area contributed by atoms with Gasteiger partial charge >= 0.3 is 0 Å². The minimum atomic E-state index is -0.218. The molecule has 0 aliphatic rings. The van der Waals surface area contributed by atoms with E-state index in [2.05, 4.69) is 30.5 Å². The Hall–Kier alpha value is -3.42. The molecule has 0 saturated carbocycles. The molecule has 0 spiro atoms. The maximum atomic E-state index is 7.55. The van der Waals surface area contributed by atoms with Crippen LogP contribution in [0.3, 0.4) is 0 Å². The second kappa shape index (κ2) is 8.11. The van der Waals surface area contributed by atoms with E-state index in [1.807, 2.05) is 25.1 Å². The molecule has 3 rings (SSSR count). The number of anilines is 2. The average Bonchev–Trinajstić information content (AvgIpc) is 2.66. The quantitative estimate of drug-likeness (QED) is 0.635. The molecule has 1 atom stereocenters. The Kier molecular flexibility index (Phi) is 5.43. The maximum Gasteiger partial charge on any atom is 0.157 e. The zero-order valence-electron chi connectivity index (χ0n) is 14.5. The molecule has 3 heterocycles. The molecule has 8 heteroatoms. The largest absolute Gasteiger partial charge is 0.492 e. The second-order valence-electron chi connectivity index (χ2n) is 5.44.